The van der Waals surface area contributed by atoms with Gasteiger partial charge in [-0.25, -0.2) is 0 Å². The van der Waals surface area contributed by atoms with Gasteiger partial charge in [0.25, 0.3) is 0 Å². The summed E-state index contributed by atoms with van der Waals surface area (Å²) in [5.74, 6) is 1.41. The molecule has 0 aromatic heterocycles. The molecule has 0 bridgehead atoms. The summed E-state index contributed by atoms with van der Waals surface area (Å²) in [6.45, 7) is 4.77. The number of nitrogens with two attached hydrogens (primary N) is 1. The van der Waals surface area contributed by atoms with Gasteiger partial charge in [-0.3, -0.25) is 4.79 Å². The minimum atomic E-state index is -0.298. The maximum Gasteiger partial charge on any atom is 0.231 e. The summed E-state index contributed by atoms with van der Waals surface area (Å²) in [4.78, 5) is 12.2. The van der Waals surface area contributed by atoms with Gasteiger partial charge in [0.2, 0.25) is 12.7 Å². The normalized spacial score (nSPS) is 13.3. The van der Waals surface area contributed by atoms with E-state index in [1.54, 1.807) is 0 Å². The Kier molecular flexibility index (Phi) is 4.49. The molecular formula is C15H22N2O3. The van der Waals surface area contributed by atoms with Crippen LogP contribution in [0, 0.1) is 0 Å². The van der Waals surface area contributed by atoms with Gasteiger partial charge >= 0.3 is 0 Å². The summed E-state index contributed by atoms with van der Waals surface area (Å²) in [5, 5.41) is 3.06. The van der Waals surface area contributed by atoms with E-state index in [0.717, 1.165) is 24.2 Å². The standard InChI is InChI=1S/C15H22N2O3/c1-3-15(4-2,9-16)17-14(18)8-11-5-6-12-13(7-11)20-10-19-12/h5-7H,3-4,8-10,16H2,1-2H3,(H,17,18). The summed E-state index contributed by atoms with van der Waals surface area (Å²) in [5.41, 5.74) is 6.40. The molecule has 5 heteroatoms. The fourth-order valence-corrected chi connectivity index (χ4v) is 2.34. The molecule has 110 valence electrons. The Morgan fingerprint density at radius 2 is 2.00 bits per heavy atom. The molecule has 0 spiro atoms. The van der Waals surface area contributed by atoms with Crippen LogP contribution in [0.1, 0.15) is 32.3 Å². The zero-order chi connectivity index (χ0) is 14.6. The van der Waals surface area contributed by atoms with Crippen LogP contribution >= 0.6 is 0 Å². The van der Waals surface area contributed by atoms with E-state index in [1.165, 1.54) is 0 Å². The van der Waals surface area contributed by atoms with Gasteiger partial charge in [-0.05, 0) is 30.5 Å². The number of amides is 1. The second-order valence-electron chi connectivity index (χ2n) is 5.10. The molecule has 0 aliphatic carbocycles. The zero-order valence-electron chi connectivity index (χ0n) is 12.1. The lowest BCUT2D eigenvalue weighted by atomic mass is 9.92. The van der Waals surface area contributed by atoms with Crippen molar-refractivity contribution in [1.82, 2.24) is 5.32 Å². The molecule has 0 radical (unpaired) electrons. The second kappa shape index (κ2) is 6.13. The van der Waals surface area contributed by atoms with E-state index >= 15 is 0 Å². The highest BCUT2D eigenvalue weighted by molar-refractivity contribution is 5.79. The van der Waals surface area contributed by atoms with Crippen molar-refractivity contribution in [1.29, 1.82) is 0 Å². The van der Waals surface area contributed by atoms with Crippen LogP contribution in [0.2, 0.25) is 0 Å². The molecule has 0 saturated heterocycles. The predicted octanol–water partition coefficient (Wildman–Crippen LogP) is 1.59. The number of nitrogens with one attached hydrogen (secondary N) is 1. The number of carbonyl (C=O) groups excluding carboxylic acids is 1. The molecule has 1 amide bonds. The Morgan fingerprint density at radius 1 is 1.30 bits per heavy atom. The van der Waals surface area contributed by atoms with Crippen molar-refractivity contribution in [2.24, 2.45) is 5.73 Å². The molecule has 0 unspecified atom stereocenters. The Hall–Kier alpha value is -1.75. The van der Waals surface area contributed by atoms with Crippen LogP contribution in [0.3, 0.4) is 0 Å². The van der Waals surface area contributed by atoms with E-state index in [4.69, 9.17) is 15.2 Å². The van der Waals surface area contributed by atoms with Crippen LogP contribution in [0.15, 0.2) is 18.2 Å². The average molecular weight is 278 g/mol. The lowest BCUT2D eigenvalue weighted by Crippen LogP contribution is -2.53. The quantitative estimate of drug-likeness (QED) is 0.829. The SMILES string of the molecule is CCC(CC)(CN)NC(=O)Cc1ccc2c(c1)OCO2. The highest BCUT2D eigenvalue weighted by atomic mass is 16.7. The molecule has 0 saturated carbocycles. The summed E-state index contributed by atoms with van der Waals surface area (Å²) >= 11 is 0. The molecule has 0 fully saturated rings. The number of hydrogen-bond donors (Lipinski definition) is 2. The summed E-state index contributed by atoms with van der Waals surface area (Å²) in [6, 6.07) is 5.57. The monoisotopic (exact) mass is 278 g/mol. The molecule has 1 aliphatic rings. The number of benzene rings is 1. The summed E-state index contributed by atoms with van der Waals surface area (Å²) in [7, 11) is 0. The van der Waals surface area contributed by atoms with E-state index in [1.807, 2.05) is 32.0 Å². The first-order chi connectivity index (χ1) is 9.62. The van der Waals surface area contributed by atoms with Gasteiger partial charge in [0.05, 0.1) is 12.0 Å². The van der Waals surface area contributed by atoms with E-state index in [-0.39, 0.29) is 18.2 Å². The highest BCUT2D eigenvalue weighted by Crippen LogP contribution is 2.32. The molecule has 0 atom stereocenters. The van der Waals surface area contributed by atoms with Crippen LogP contribution in [0.25, 0.3) is 0 Å². The summed E-state index contributed by atoms with van der Waals surface area (Å²) < 4.78 is 10.6. The van der Waals surface area contributed by atoms with Crippen molar-refractivity contribution in [3.05, 3.63) is 23.8 Å². The minimum absolute atomic E-state index is 0.0157. The largest absolute Gasteiger partial charge is 0.454 e. The molecule has 20 heavy (non-hydrogen) atoms. The van der Waals surface area contributed by atoms with Crippen LogP contribution in [0.5, 0.6) is 11.5 Å². The number of carbonyl (C=O) groups is 1. The average Bonchev–Trinajstić information content (AvgIpc) is 2.92. The first kappa shape index (κ1) is 14.7. The molecule has 1 heterocycles. The molecule has 5 nitrogen and oxygen atoms in total. The van der Waals surface area contributed by atoms with Crippen molar-refractivity contribution >= 4 is 5.91 Å². The fourth-order valence-electron chi connectivity index (χ4n) is 2.34. The van der Waals surface area contributed by atoms with E-state index < -0.39 is 0 Å². The topological polar surface area (TPSA) is 73.6 Å². The molecule has 2 rings (SSSR count). The van der Waals surface area contributed by atoms with E-state index in [0.29, 0.717) is 18.7 Å². The molecule has 1 aromatic carbocycles. The first-order valence-corrected chi connectivity index (χ1v) is 7.02. The molecule has 3 N–H and O–H groups in total. The van der Waals surface area contributed by atoms with Crippen LogP contribution in [-0.2, 0) is 11.2 Å². The minimum Gasteiger partial charge on any atom is -0.454 e. The second-order valence-corrected chi connectivity index (χ2v) is 5.10. The smallest absolute Gasteiger partial charge is 0.231 e. The van der Waals surface area contributed by atoms with Crippen LogP contribution < -0.4 is 20.5 Å². The Labute approximate surface area is 119 Å². The third-order valence-corrected chi connectivity index (χ3v) is 3.95. The number of fused-ring (bicyclic) bond motifs is 1. The van der Waals surface area contributed by atoms with Crippen molar-refractivity contribution < 1.29 is 14.3 Å². The van der Waals surface area contributed by atoms with Gasteiger partial charge in [0.1, 0.15) is 0 Å². The summed E-state index contributed by atoms with van der Waals surface area (Å²) in [6.07, 6.45) is 1.97. The third kappa shape index (κ3) is 3.04. The van der Waals surface area contributed by atoms with Crippen molar-refractivity contribution in [2.75, 3.05) is 13.3 Å². The van der Waals surface area contributed by atoms with E-state index in [2.05, 4.69) is 5.32 Å². The van der Waals surface area contributed by atoms with E-state index in [9.17, 15) is 4.79 Å². The fraction of sp³-hybridized carbons (Fsp3) is 0.533. The Morgan fingerprint density at radius 3 is 2.65 bits per heavy atom. The van der Waals surface area contributed by atoms with Gasteiger partial charge in [-0.1, -0.05) is 19.9 Å². The van der Waals surface area contributed by atoms with Gasteiger partial charge in [-0.2, -0.15) is 0 Å². The number of rotatable bonds is 6. The van der Waals surface area contributed by atoms with Gasteiger partial charge in [0, 0.05) is 6.54 Å². The maximum atomic E-state index is 12.2. The number of ether oxygens (including phenoxy) is 2. The Balaban J connectivity index is 2.01. The van der Waals surface area contributed by atoms with Gasteiger partial charge < -0.3 is 20.5 Å². The van der Waals surface area contributed by atoms with Crippen molar-refractivity contribution in [2.45, 2.75) is 38.6 Å². The van der Waals surface area contributed by atoms with Gasteiger partial charge in [0.15, 0.2) is 11.5 Å². The maximum absolute atomic E-state index is 12.2. The lowest BCUT2D eigenvalue weighted by Gasteiger charge is -2.31. The van der Waals surface area contributed by atoms with Gasteiger partial charge in [-0.15, -0.1) is 0 Å². The highest BCUT2D eigenvalue weighted by Gasteiger charge is 2.26. The molecular weight excluding hydrogens is 256 g/mol. The van der Waals surface area contributed by atoms with Crippen LogP contribution in [0.4, 0.5) is 0 Å². The lowest BCUT2D eigenvalue weighted by molar-refractivity contribution is -0.122. The van der Waals surface area contributed by atoms with Crippen LogP contribution in [-0.4, -0.2) is 24.8 Å². The Bertz CT molecular complexity index is 476. The third-order valence-electron chi connectivity index (χ3n) is 3.95. The molecule has 1 aliphatic heterocycles. The zero-order valence-corrected chi connectivity index (χ0v) is 12.1. The molecule has 1 aromatic rings. The predicted molar refractivity (Wildman–Crippen MR) is 76.8 cm³/mol. The van der Waals surface area contributed by atoms with Crippen molar-refractivity contribution in [3.8, 4) is 11.5 Å². The van der Waals surface area contributed by atoms with Crippen molar-refractivity contribution in [3.63, 3.8) is 0 Å². The first-order valence-electron chi connectivity index (χ1n) is 7.02. The number of hydrogen-bond acceptors (Lipinski definition) is 4.